The first kappa shape index (κ1) is 29.4. The second-order valence-corrected chi connectivity index (χ2v) is 12.2. The minimum absolute atomic E-state index is 0. The number of nitrogens with zero attached hydrogens (tertiary/aromatic N) is 2. The van der Waals surface area contributed by atoms with E-state index in [1.807, 2.05) is 50.0 Å². The van der Waals surface area contributed by atoms with E-state index in [0.29, 0.717) is 5.92 Å². The fourth-order valence-corrected chi connectivity index (χ4v) is 10.6. The van der Waals surface area contributed by atoms with E-state index < -0.39 is 0 Å². The predicted octanol–water partition coefficient (Wildman–Crippen LogP) is 4.17. The number of rotatable bonds is 3. The molecule has 36 heavy (non-hydrogen) atoms. The molecule has 1 radical (unpaired) electrons. The Hall–Kier alpha value is -1.12. The molecule has 0 saturated carbocycles. The van der Waals surface area contributed by atoms with Crippen LogP contribution in [0.2, 0.25) is 0 Å². The Labute approximate surface area is 244 Å². The fraction of sp³-hybridized carbons (Fsp3) is 0.433. The summed E-state index contributed by atoms with van der Waals surface area (Å²) in [6, 6.07) is 0. The average Bonchev–Trinajstić information content (AvgIpc) is 3.45. The molecule has 1 aromatic rings. The van der Waals surface area contributed by atoms with Gasteiger partial charge in [0, 0.05) is 0 Å². The van der Waals surface area contributed by atoms with E-state index in [1.54, 1.807) is 9.77 Å². The molecule has 1 aliphatic carbocycles. The second kappa shape index (κ2) is 13.1. The van der Waals surface area contributed by atoms with E-state index in [2.05, 4.69) is 48.6 Å². The van der Waals surface area contributed by atoms with E-state index in [-0.39, 0.29) is 52.0 Å². The van der Waals surface area contributed by atoms with E-state index >= 15 is 0 Å². The Bertz CT molecular complexity index is 1160. The molecule has 1 aromatic heterocycles. The molecule has 0 aromatic carbocycles. The van der Waals surface area contributed by atoms with Gasteiger partial charge < -0.3 is 0 Å². The molecule has 191 valence electrons. The van der Waals surface area contributed by atoms with Crippen molar-refractivity contribution >= 4 is 32.2 Å². The van der Waals surface area contributed by atoms with Gasteiger partial charge in [-0.3, -0.25) is 0 Å². The number of ether oxygens (including phenoxy) is 1. The summed E-state index contributed by atoms with van der Waals surface area (Å²) in [7, 11) is 0. The Balaban J connectivity index is 0.000000690. The summed E-state index contributed by atoms with van der Waals surface area (Å²) in [4.78, 5) is 3.29. The molecule has 6 rings (SSSR count). The first-order valence-electron chi connectivity index (χ1n) is 13.0. The summed E-state index contributed by atoms with van der Waals surface area (Å²) in [5.41, 5.74) is 5.41. The van der Waals surface area contributed by atoms with Gasteiger partial charge in [0.15, 0.2) is 0 Å². The molecule has 4 aliphatic heterocycles. The van der Waals surface area contributed by atoms with Gasteiger partial charge in [-0.25, -0.2) is 0 Å². The average molecular weight is 652 g/mol. The van der Waals surface area contributed by atoms with Crippen LogP contribution in [0.4, 0.5) is 5.00 Å². The van der Waals surface area contributed by atoms with E-state index in [9.17, 15) is 0 Å². The molecule has 6 heteroatoms. The van der Waals surface area contributed by atoms with Crippen molar-refractivity contribution in [2.45, 2.75) is 66.1 Å². The van der Waals surface area contributed by atoms with E-state index in [4.69, 9.17) is 11.3 Å². The molecule has 5 heterocycles. The minimum atomic E-state index is -0.230. The van der Waals surface area contributed by atoms with Crippen molar-refractivity contribution in [3.8, 4) is 0 Å². The van der Waals surface area contributed by atoms with Gasteiger partial charge >= 0.3 is 218 Å². The molecule has 3 atom stereocenters. The molecular weight excluding hydrogens is 614 g/mol. The zero-order valence-corrected chi connectivity index (χ0v) is 26.4. The van der Waals surface area contributed by atoms with E-state index in [0.717, 1.165) is 32.4 Å². The predicted molar refractivity (Wildman–Crippen MR) is 145 cm³/mol. The van der Waals surface area contributed by atoms with Crippen LogP contribution < -0.4 is 21.2 Å². The Morgan fingerprint density at radius 3 is 2.69 bits per heavy atom. The van der Waals surface area contributed by atoms with Crippen molar-refractivity contribution in [1.82, 2.24) is 4.90 Å². The van der Waals surface area contributed by atoms with Crippen molar-refractivity contribution in [3.63, 3.8) is 0 Å². The zero-order valence-electron chi connectivity index (χ0n) is 22.1. The van der Waals surface area contributed by atoms with Gasteiger partial charge in [0.1, 0.15) is 0 Å². The zero-order chi connectivity index (χ0) is 25.1. The van der Waals surface area contributed by atoms with Gasteiger partial charge in [-0.1, -0.05) is 27.7 Å². The molecule has 3 unspecified atom stereocenters. The number of halogens is 1. The van der Waals surface area contributed by atoms with Crippen LogP contribution in [0.15, 0.2) is 47.7 Å². The smallest absolute Gasteiger partial charge is 2.00 e. The number of fused-ring (bicyclic) bond motifs is 6. The summed E-state index contributed by atoms with van der Waals surface area (Å²) >= 11 is 1.67. The monoisotopic (exact) mass is 651 g/mol. The number of thiophene rings is 1. The van der Waals surface area contributed by atoms with Crippen LogP contribution >= 0.6 is 11.3 Å². The standard InChI is InChI=1S/C26H25IN2OS.2C2H6.V/c1-4-7-19-23(5-2)31-26-24(19)27-25-20-13-17-12-18-15-28(6-3)10-8-16(18)14-22(17)30-21(20)9-11-29(25)26;2*1-2;/h3-7,12-13,16,21-22H,2,8-11,14H2,1H3;2*1-2H3;/q-2;;;+2/b7-4-;;;. The molecule has 3 nitrogen and oxygen atoms in total. The van der Waals surface area contributed by atoms with Crippen molar-refractivity contribution < 1.29 is 49.1 Å². The van der Waals surface area contributed by atoms with Crippen LogP contribution in [0.1, 0.15) is 64.3 Å². The summed E-state index contributed by atoms with van der Waals surface area (Å²) in [5, 5.41) is 1.45. The normalized spacial score (nSPS) is 25.3. The molecule has 0 bridgehead atoms. The Morgan fingerprint density at radius 1 is 1.22 bits per heavy atom. The Morgan fingerprint density at radius 2 is 2.00 bits per heavy atom. The van der Waals surface area contributed by atoms with Gasteiger partial charge in [-0.15, -0.1) is 0 Å². The van der Waals surface area contributed by atoms with Crippen molar-refractivity contribution in [3.05, 3.63) is 74.5 Å². The molecule has 0 fully saturated rings. The summed E-state index contributed by atoms with van der Waals surface area (Å²) in [5.74, 6) is 0.541. The Kier molecular flexibility index (Phi) is 10.7. The van der Waals surface area contributed by atoms with Gasteiger partial charge in [0.25, 0.3) is 0 Å². The maximum Gasteiger partial charge on any atom is 2.00 e. The molecule has 0 saturated heterocycles. The van der Waals surface area contributed by atoms with Gasteiger partial charge in [0.2, 0.25) is 0 Å². The van der Waals surface area contributed by atoms with Gasteiger partial charge in [-0.2, -0.15) is 0 Å². The van der Waals surface area contributed by atoms with E-state index in [1.165, 1.54) is 35.9 Å². The van der Waals surface area contributed by atoms with Crippen LogP contribution in [0.3, 0.4) is 0 Å². The first-order valence-corrected chi connectivity index (χ1v) is 15.9. The summed E-state index contributed by atoms with van der Waals surface area (Å²) in [6.07, 6.45) is 20.1. The van der Waals surface area contributed by atoms with Crippen LogP contribution in [0.5, 0.6) is 0 Å². The number of hydrogen-bond acceptors (Lipinski definition) is 3. The van der Waals surface area contributed by atoms with Crippen LogP contribution in [0, 0.1) is 22.3 Å². The first-order chi connectivity index (χ1) is 17.2. The molecule has 0 amide bonds. The molecular formula is C30H37IN2OSV. The summed E-state index contributed by atoms with van der Waals surface area (Å²) in [6.45, 7) is 21.9. The van der Waals surface area contributed by atoms with Gasteiger partial charge in [-0.05, 0) is 0 Å². The minimum Gasteiger partial charge on any atom is 2.00 e. The van der Waals surface area contributed by atoms with Crippen molar-refractivity contribution in [1.29, 1.82) is 0 Å². The SMILES string of the molecule is CC.CC.[CH-]=CN1[C-]=C2C=C3C=C4C5=[N+](CCC4OC3CC2CC1)c1sc(C=C)c(/C=C\C)c1[I-]5.[V+2]. The molecule has 5 aliphatic rings. The quantitative estimate of drug-likeness (QED) is 0.277. The van der Waals surface area contributed by atoms with Crippen LogP contribution in [-0.2, 0) is 23.3 Å². The van der Waals surface area contributed by atoms with Crippen LogP contribution in [-0.4, -0.2) is 38.5 Å². The maximum atomic E-state index is 6.72. The van der Waals surface area contributed by atoms with Crippen LogP contribution in [0.25, 0.3) is 12.2 Å². The molecule has 0 spiro atoms. The fourth-order valence-electron chi connectivity index (χ4n) is 5.22. The third-order valence-corrected chi connectivity index (χ3v) is 11.7. The number of hydrogen-bond donors (Lipinski definition) is 0. The number of allylic oxidation sites excluding steroid dienone is 3. The third-order valence-electron chi connectivity index (χ3n) is 6.74. The molecule has 0 N–H and O–H groups in total. The van der Waals surface area contributed by atoms with Crippen molar-refractivity contribution in [2.24, 2.45) is 5.92 Å². The van der Waals surface area contributed by atoms with Crippen molar-refractivity contribution in [2.75, 3.05) is 13.1 Å². The maximum absolute atomic E-state index is 6.72. The third kappa shape index (κ3) is 5.24. The summed E-state index contributed by atoms with van der Waals surface area (Å²) < 4.78 is 12.4. The topological polar surface area (TPSA) is 15.5 Å². The van der Waals surface area contributed by atoms with Gasteiger partial charge in [0.05, 0.1) is 0 Å². The second-order valence-electron chi connectivity index (χ2n) is 8.52. The largest absolute Gasteiger partial charge is 2.00 e.